The molecular weight excluding hydrogens is 352 g/mol. The van der Waals surface area contributed by atoms with Crippen LogP contribution in [0.2, 0.25) is 0 Å². The minimum Gasteiger partial charge on any atom is -0.493 e. The lowest BCUT2D eigenvalue weighted by molar-refractivity contribution is 0.311. The minimum absolute atomic E-state index is 0.581. The molecule has 0 bridgehead atoms. The fourth-order valence-corrected chi connectivity index (χ4v) is 3.12. The maximum Gasteiger partial charge on any atom is 0.180 e. The number of benzene rings is 2. The Labute approximate surface area is 163 Å². The summed E-state index contributed by atoms with van der Waals surface area (Å²) in [6.07, 6.45) is 5.67. The summed E-state index contributed by atoms with van der Waals surface area (Å²) < 4.78 is 13.0. The number of aryl methyl sites for hydroxylation is 1. The number of hydrogen-bond donors (Lipinski definition) is 1. The number of aromatic nitrogens is 3. The Morgan fingerprint density at radius 2 is 2.00 bits per heavy atom. The molecule has 0 aliphatic heterocycles. The van der Waals surface area contributed by atoms with Crippen molar-refractivity contribution in [2.24, 2.45) is 0 Å². The van der Waals surface area contributed by atoms with Crippen LogP contribution in [0.4, 0.5) is 11.5 Å². The zero-order valence-corrected chi connectivity index (χ0v) is 16.1. The molecule has 142 valence electrons. The second-order valence-corrected chi connectivity index (χ2v) is 6.43. The highest BCUT2D eigenvalue weighted by atomic mass is 16.5. The van der Waals surface area contributed by atoms with Gasteiger partial charge in [-0.2, -0.15) is 0 Å². The van der Waals surface area contributed by atoms with E-state index in [4.69, 9.17) is 14.5 Å². The molecule has 0 unspecified atom stereocenters. The number of ether oxygens (including phenoxy) is 2. The van der Waals surface area contributed by atoms with Crippen molar-refractivity contribution in [1.29, 1.82) is 0 Å². The molecule has 0 amide bonds. The molecule has 0 saturated carbocycles. The Hall–Kier alpha value is -3.54. The molecule has 2 heterocycles. The first-order chi connectivity index (χ1) is 13.7. The molecule has 6 heteroatoms. The van der Waals surface area contributed by atoms with Crippen molar-refractivity contribution in [3.8, 4) is 22.8 Å². The quantitative estimate of drug-likeness (QED) is 0.522. The Kier molecular flexibility index (Phi) is 4.85. The Morgan fingerprint density at radius 1 is 1.11 bits per heavy atom. The molecule has 28 heavy (non-hydrogen) atoms. The van der Waals surface area contributed by atoms with Gasteiger partial charge in [0.15, 0.2) is 23.0 Å². The SMILES string of the molecule is CCOc1ccc(Nc2nc(-c3cccc(C)c3)cn3ccnc23)cc1OC. The fraction of sp³-hybridized carbons (Fsp3) is 0.182. The van der Waals surface area contributed by atoms with Gasteiger partial charge in [0.05, 0.1) is 19.4 Å². The minimum atomic E-state index is 0.581. The van der Waals surface area contributed by atoms with Crippen molar-refractivity contribution < 1.29 is 9.47 Å². The van der Waals surface area contributed by atoms with Crippen LogP contribution in [0.25, 0.3) is 16.9 Å². The van der Waals surface area contributed by atoms with Gasteiger partial charge in [-0.25, -0.2) is 9.97 Å². The summed E-state index contributed by atoms with van der Waals surface area (Å²) in [7, 11) is 1.63. The first kappa shape index (κ1) is 17.9. The highest BCUT2D eigenvalue weighted by Gasteiger charge is 2.11. The van der Waals surface area contributed by atoms with Crippen molar-refractivity contribution in [3.05, 3.63) is 66.6 Å². The third-order valence-electron chi connectivity index (χ3n) is 4.41. The van der Waals surface area contributed by atoms with E-state index in [0.29, 0.717) is 23.9 Å². The van der Waals surface area contributed by atoms with E-state index >= 15 is 0 Å². The zero-order chi connectivity index (χ0) is 19.5. The first-order valence-electron chi connectivity index (χ1n) is 9.16. The maximum absolute atomic E-state index is 5.59. The number of fused-ring (bicyclic) bond motifs is 1. The molecule has 0 saturated heterocycles. The third kappa shape index (κ3) is 3.49. The molecule has 1 N–H and O–H groups in total. The molecule has 4 rings (SSSR count). The van der Waals surface area contributed by atoms with Crippen molar-refractivity contribution >= 4 is 17.2 Å². The van der Waals surface area contributed by atoms with E-state index in [1.54, 1.807) is 13.3 Å². The standard InChI is InChI=1S/C22H22N4O2/c1-4-28-19-9-8-17(13-20(19)27-3)24-21-22-23-10-11-26(22)14-18(25-21)16-7-5-6-15(2)12-16/h5-14H,4H2,1-3H3,(H,24,25). The molecule has 0 fully saturated rings. The summed E-state index contributed by atoms with van der Waals surface area (Å²) in [5.74, 6) is 2.05. The van der Waals surface area contributed by atoms with Crippen molar-refractivity contribution in [2.45, 2.75) is 13.8 Å². The van der Waals surface area contributed by atoms with Crippen LogP contribution < -0.4 is 14.8 Å². The number of methoxy groups -OCH3 is 1. The van der Waals surface area contributed by atoms with Crippen LogP contribution in [0.5, 0.6) is 11.5 Å². The number of imidazole rings is 1. The molecule has 0 spiro atoms. The van der Waals surface area contributed by atoms with Gasteiger partial charge >= 0.3 is 0 Å². The number of hydrogen-bond acceptors (Lipinski definition) is 5. The third-order valence-corrected chi connectivity index (χ3v) is 4.41. The molecule has 6 nitrogen and oxygen atoms in total. The van der Waals surface area contributed by atoms with Crippen molar-refractivity contribution in [1.82, 2.24) is 14.4 Å². The lowest BCUT2D eigenvalue weighted by atomic mass is 10.1. The summed E-state index contributed by atoms with van der Waals surface area (Å²) >= 11 is 0. The first-order valence-corrected chi connectivity index (χ1v) is 9.16. The highest BCUT2D eigenvalue weighted by molar-refractivity contribution is 5.74. The van der Waals surface area contributed by atoms with Gasteiger partial charge in [0.25, 0.3) is 0 Å². The van der Waals surface area contributed by atoms with E-state index in [9.17, 15) is 0 Å². The summed E-state index contributed by atoms with van der Waals surface area (Å²) in [6, 6.07) is 14.0. The molecule has 0 radical (unpaired) electrons. The van der Waals surface area contributed by atoms with Gasteiger partial charge in [0.2, 0.25) is 0 Å². The summed E-state index contributed by atoms with van der Waals surface area (Å²) in [4.78, 5) is 9.27. The second-order valence-electron chi connectivity index (χ2n) is 6.43. The predicted molar refractivity (Wildman–Crippen MR) is 111 cm³/mol. The van der Waals surface area contributed by atoms with Gasteiger partial charge in [-0.05, 0) is 32.0 Å². The average molecular weight is 374 g/mol. The van der Waals surface area contributed by atoms with Crippen LogP contribution in [0.1, 0.15) is 12.5 Å². The topological polar surface area (TPSA) is 60.7 Å². The molecular formula is C22H22N4O2. The molecule has 2 aromatic heterocycles. The Morgan fingerprint density at radius 3 is 2.79 bits per heavy atom. The molecule has 2 aromatic carbocycles. The van der Waals surface area contributed by atoms with E-state index < -0.39 is 0 Å². The Balaban J connectivity index is 1.75. The van der Waals surface area contributed by atoms with E-state index in [-0.39, 0.29) is 0 Å². The lowest BCUT2D eigenvalue weighted by Gasteiger charge is -2.13. The van der Waals surface area contributed by atoms with Crippen molar-refractivity contribution in [2.75, 3.05) is 19.0 Å². The predicted octanol–water partition coefficient (Wildman–Crippen LogP) is 4.86. The van der Waals surface area contributed by atoms with Gasteiger partial charge in [0, 0.05) is 35.9 Å². The second kappa shape index (κ2) is 7.60. The molecule has 0 aliphatic rings. The largest absolute Gasteiger partial charge is 0.493 e. The van der Waals surface area contributed by atoms with Crippen LogP contribution in [0.3, 0.4) is 0 Å². The van der Waals surface area contributed by atoms with Crippen LogP contribution in [-0.4, -0.2) is 28.1 Å². The van der Waals surface area contributed by atoms with Crippen molar-refractivity contribution in [3.63, 3.8) is 0 Å². The van der Waals surface area contributed by atoms with Crippen LogP contribution in [0, 0.1) is 6.92 Å². The zero-order valence-electron chi connectivity index (χ0n) is 16.1. The van der Waals surface area contributed by atoms with Gasteiger partial charge < -0.3 is 19.2 Å². The number of nitrogens with one attached hydrogen (secondary N) is 1. The monoisotopic (exact) mass is 374 g/mol. The van der Waals surface area contributed by atoms with E-state index in [0.717, 1.165) is 22.6 Å². The molecule has 0 atom stereocenters. The highest BCUT2D eigenvalue weighted by Crippen LogP contribution is 2.32. The van der Waals surface area contributed by atoms with Crippen LogP contribution in [-0.2, 0) is 0 Å². The van der Waals surface area contributed by atoms with E-state index in [1.807, 2.05) is 48.0 Å². The maximum atomic E-state index is 5.59. The normalized spacial score (nSPS) is 10.8. The van der Waals surface area contributed by atoms with E-state index in [1.165, 1.54) is 5.56 Å². The fourth-order valence-electron chi connectivity index (χ4n) is 3.12. The van der Waals surface area contributed by atoms with Gasteiger partial charge in [-0.15, -0.1) is 0 Å². The summed E-state index contributed by atoms with van der Waals surface area (Å²) in [5.41, 5.74) is 4.72. The van der Waals surface area contributed by atoms with Gasteiger partial charge in [0.1, 0.15) is 0 Å². The number of nitrogens with zero attached hydrogens (tertiary/aromatic N) is 3. The number of rotatable bonds is 6. The summed E-state index contributed by atoms with van der Waals surface area (Å²) in [6.45, 7) is 4.60. The average Bonchev–Trinajstić information content (AvgIpc) is 3.18. The van der Waals surface area contributed by atoms with Gasteiger partial charge in [-0.3, -0.25) is 0 Å². The van der Waals surface area contributed by atoms with Crippen LogP contribution in [0.15, 0.2) is 61.1 Å². The number of anilines is 2. The molecule has 0 aliphatic carbocycles. The van der Waals surface area contributed by atoms with Crippen LogP contribution >= 0.6 is 0 Å². The molecule has 4 aromatic rings. The van der Waals surface area contributed by atoms with E-state index in [2.05, 4.69) is 35.4 Å². The summed E-state index contributed by atoms with van der Waals surface area (Å²) in [5, 5.41) is 3.37. The smallest absolute Gasteiger partial charge is 0.180 e. The lowest BCUT2D eigenvalue weighted by Crippen LogP contribution is -2.01. The Bertz CT molecular complexity index is 1120. The van der Waals surface area contributed by atoms with Gasteiger partial charge in [-0.1, -0.05) is 23.8 Å².